The number of hydrogen-bond acceptors (Lipinski definition) is 2. The highest BCUT2D eigenvalue weighted by molar-refractivity contribution is 14.1. The number of halogens is 5. The smallest absolute Gasteiger partial charge is 0.298 e. The molecule has 94 valence electrons. The first-order valence-electron chi connectivity index (χ1n) is 4.44. The van der Waals surface area contributed by atoms with Crippen LogP contribution in [0, 0.1) is 3.57 Å². The van der Waals surface area contributed by atoms with Crippen LogP contribution in [0.15, 0.2) is 23.1 Å². The van der Waals surface area contributed by atoms with E-state index in [9.17, 15) is 18.0 Å². The minimum atomic E-state index is -4.32. The van der Waals surface area contributed by atoms with E-state index in [2.05, 4.69) is 0 Å². The highest BCUT2D eigenvalue weighted by atomic mass is 127. The SMILES string of the molecule is O=C(CCl)Cc1cccc(SC(F)(F)F)c1I. The van der Waals surface area contributed by atoms with Crippen LogP contribution in [0.2, 0.25) is 0 Å². The van der Waals surface area contributed by atoms with Gasteiger partial charge in [0.05, 0.1) is 5.88 Å². The van der Waals surface area contributed by atoms with Gasteiger partial charge in [0.25, 0.3) is 0 Å². The lowest BCUT2D eigenvalue weighted by molar-refractivity contribution is -0.116. The summed E-state index contributed by atoms with van der Waals surface area (Å²) in [5, 5.41) is 0. The number of benzene rings is 1. The molecule has 0 unspecified atom stereocenters. The van der Waals surface area contributed by atoms with Crippen LogP contribution < -0.4 is 0 Å². The number of hydrogen-bond donors (Lipinski definition) is 0. The van der Waals surface area contributed by atoms with E-state index in [4.69, 9.17) is 11.6 Å². The molecule has 0 bridgehead atoms. The molecular weight excluding hydrogens is 388 g/mol. The zero-order valence-electron chi connectivity index (χ0n) is 8.35. The van der Waals surface area contributed by atoms with Gasteiger partial charge in [-0.3, -0.25) is 4.79 Å². The molecule has 0 saturated carbocycles. The highest BCUT2D eigenvalue weighted by Gasteiger charge is 2.30. The van der Waals surface area contributed by atoms with Crippen molar-refractivity contribution in [1.82, 2.24) is 0 Å². The number of ketones is 1. The van der Waals surface area contributed by atoms with Gasteiger partial charge in [0.2, 0.25) is 0 Å². The lowest BCUT2D eigenvalue weighted by Crippen LogP contribution is -2.07. The zero-order valence-corrected chi connectivity index (χ0v) is 12.1. The molecule has 1 aromatic rings. The summed E-state index contributed by atoms with van der Waals surface area (Å²) >= 11 is 7.00. The third-order valence-electron chi connectivity index (χ3n) is 1.81. The first-order valence-corrected chi connectivity index (χ1v) is 6.87. The molecule has 0 aliphatic carbocycles. The maximum Gasteiger partial charge on any atom is 0.446 e. The maximum atomic E-state index is 12.3. The van der Waals surface area contributed by atoms with Crippen LogP contribution in [-0.2, 0) is 11.2 Å². The van der Waals surface area contributed by atoms with Crippen LogP contribution in [0.1, 0.15) is 5.56 Å². The lowest BCUT2D eigenvalue weighted by Gasteiger charge is -2.10. The van der Waals surface area contributed by atoms with Gasteiger partial charge < -0.3 is 0 Å². The summed E-state index contributed by atoms with van der Waals surface area (Å²) in [7, 11) is 0. The van der Waals surface area contributed by atoms with Gasteiger partial charge in [0.15, 0.2) is 5.78 Å². The van der Waals surface area contributed by atoms with Crippen molar-refractivity contribution in [1.29, 1.82) is 0 Å². The second-order valence-corrected chi connectivity index (χ2v) is 5.58. The van der Waals surface area contributed by atoms with Crippen molar-refractivity contribution in [3.8, 4) is 0 Å². The fourth-order valence-electron chi connectivity index (χ4n) is 1.16. The van der Waals surface area contributed by atoms with Gasteiger partial charge >= 0.3 is 5.51 Å². The molecule has 0 heterocycles. The Labute approximate surface area is 119 Å². The normalized spacial score (nSPS) is 11.6. The Balaban J connectivity index is 2.95. The third-order valence-corrected chi connectivity index (χ3v) is 4.54. The summed E-state index contributed by atoms with van der Waals surface area (Å²) in [4.78, 5) is 11.3. The van der Waals surface area contributed by atoms with Crippen LogP contribution in [0.25, 0.3) is 0 Å². The van der Waals surface area contributed by atoms with Gasteiger partial charge in [-0.1, -0.05) is 12.1 Å². The van der Waals surface area contributed by atoms with Crippen molar-refractivity contribution < 1.29 is 18.0 Å². The van der Waals surface area contributed by atoms with Crippen LogP contribution in [0.4, 0.5) is 13.2 Å². The molecule has 17 heavy (non-hydrogen) atoms. The van der Waals surface area contributed by atoms with E-state index < -0.39 is 5.51 Å². The van der Waals surface area contributed by atoms with Crippen molar-refractivity contribution in [3.63, 3.8) is 0 Å². The van der Waals surface area contributed by atoms with Gasteiger partial charge in [-0.25, -0.2) is 0 Å². The topological polar surface area (TPSA) is 17.1 Å². The molecule has 1 nitrogen and oxygen atoms in total. The summed E-state index contributed by atoms with van der Waals surface area (Å²) in [6, 6.07) is 4.52. The largest absolute Gasteiger partial charge is 0.446 e. The van der Waals surface area contributed by atoms with Gasteiger partial charge in [-0.2, -0.15) is 13.2 Å². The standard InChI is InChI=1S/C10H7ClF3IOS/c11-5-7(16)4-6-2-1-3-8(9(6)15)17-10(12,13)14/h1-3H,4-5H2. The van der Waals surface area contributed by atoms with Gasteiger partial charge in [0, 0.05) is 14.9 Å². The molecule has 0 saturated heterocycles. The fourth-order valence-corrected chi connectivity index (χ4v) is 2.75. The number of alkyl halides is 4. The maximum absolute atomic E-state index is 12.3. The molecule has 0 radical (unpaired) electrons. The number of carbonyl (C=O) groups excluding carboxylic acids is 1. The van der Waals surface area contributed by atoms with E-state index in [0.717, 1.165) is 0 Å². The average Bonchev–Trinajstić information content (AvgIpc) is 2.22. The summed E-state index contributed by atoms with van der Waals surface area (Å²) in [5.74, 6) is -0.342. The summed E-state index contributed by atoms with van der Waals surface area (Å²) in [6.45, 7) is 0. The molecule has 1 rings (SSSR count). The van der Waals surface area contributed by atoms with Crippen molar-refractivity contribution in [2.24, 2.45) is 0 Å². The Bertz CT molecular complexity index is 423. The molecule has 0 fully saturated rings. The van der Waals surface area contributed by atoms with Crippen LogP contribution in [0.5, 0.6) is 0 Å². The molecular formula is C10H7ClF3IOS. The molecule has 0 aliphatic rings. The number of carbonyl (C=O) groups is 1. The Morgan fingerprint density at radius 3 is 2.59 bits per heavy atom. The van der Waals surface area contributed by atoms with E-state index in [-0.39, 0.29) is 34.7 Å². The van der Waals surface area contributed by atoms with Crippen molar-refractivity contribution in [2.75, 3.05) is 5.88 Å². The Hall–Kier alpha value is 0.0500. The molecule has 0 atom stereocenters. The highest BCUT2D eigenvalue weighted by Crippen LogP contribution is 2.39. The minimum absolute atomic E-state index is 0.0635. The zero-order chi connectivity index (χ0) is 13.1. The van der Waals surface area contributed by atoms with Crippen LogP contribution >= 0.6 is 46.0 Å². The molecule has 0 spiro atoms. The quantitative estimate of drug-likeness (QED) is 0.431. The van der Waals surface area contributed by atoms with Crippen molar-refractivity contribution in [2.45, 2.75) is 16.8 Å². The molecule has 0 aliphatic heterocycles. The molecule has 1 aromatic carbocycles. The number of Topliss-reactive ketones (excluding diaryl/α,β-unsaturated/α-hetero) is 1. The first-order chi connectivity index (χ1) is 7.83. The van der Waals surface area contributed by atoms with Gasteiger partial charge in [-0.05, 0) is 46.0 Å². The third kappa shape index (κ3) is 5.05. The van der Waals surface area contributed by atoms with E-state index in [1.165, 1.54) is 12.1 Å². The summed E-state index contributed by atoms with van der Waals surface area (Å²) in [5.41, 5.74) is -3.75. The second-order valence-electron chi connectivity index (χ2n) is 3.13. The van der Waals surface area contributed by atoms with Gasteiger partial charge in [-0.15, -0.1) is 11.6 Å². The van der Waals surface area contributed by atoms with Crippen LogP contribution in [0.3, 0.4) is 0 Å². The molecule has 0 aromatic heterocycles. The molecule has 0 N–H and O–H groups in total. The number of thioether (sulfide) groups is 1. The van der Waals surface area contributed by atoms with Gasteiger partial charge in [0.1, 0.15) is 0 Å². The Morgan fingerprint density at radius 1 is 1.41 bits per heavy atom. The number of rotatable bonds is 4. The molecule has 7 heteroatoms. The lowest BCUT2D eigenvalue weighted by atomic mass is 10.1. The molecule has 0 amide bonds. The van der Waals surface area contributed by atoms with Crippen molar-refractivity contribution in [3.05, 3.63) is 27.3 Å². The Morgan fingerprint density at radius 2 is 2.06 bits per heavy atom. The fraction of sp³-hybridized carbons (Fsp3) is 0.300. The van der Waals surface area contributed by atoms with E-state index in [1.54, 1.807) is 6.07 Å². The van der Waals surface area contributed by atoms with E-state index in [1.807, 2.05) is 22.6 Å². The van der Waals surface area contributed by atoms with E-state index >= 15 is 0 Å². The summed E-state index contributed by atoms with van der Waals surface area (Å²) < 4.78 is 37.2. The Kier molecular flexibility index (Phi) is 5.59. The first kappa shape index (κ1) is 15.1. The summed E-state index contributed by atoms with van der Waals surface area (Å²) in [6.07, 6.45) is 0.0635. The monoisotopic (exact) mass is 394 g/mol. The van der Waals surface area contributed by atoms with E-state index in [0.29, 0.717) is 9.13 Å². The predicted octanol–water partition coefficient (Wildman–Crippen LogP) is 4.25. The van der Waals surface area contributed by atoms with Crippen LogP contribution in [-0.4, -0.2) is 17.2 Å². The predicted molar refractivity (Wildman–Crippen MR) is 70.5 cm³/mol. The minimum Gasteiger partial charge on any atom is -0.298 e. The average molecular weight is 395 g/mol. The van der Waals surface area contributed by atoms with Crippen molar-refractivity contribution >= 4 is 51.7 Å². The second kappa shape index (κ2) is 6.29.